The average Bonchev–Trinajstić information content (AvgIpc) is 3.10. The van der Waals surface area contributed by atoms with Gasteiger partial charge in [-0.2, -0.15) is 0 Å². The Labute approximate surface area is 130 Å². The summed E-state index contributed by atoms with van der Waals surface area (Å²) in [5.41, 5.74) is 3.96. The number of likely N-dealkylation sites (N-methyl/N-ethyl adjacent to an activating group) is 1. The van der Waals surface area contributed by atoms with Gasteiger partial charge in [-0.1, -0.05) is 30.4 Å². The summed E-state index contributed by atoms with van der Waals surface area (Å²) in [4.78, 5) is 18.7. The summed E-state index contributed by atoms with van der Waals surface area (Å²) in [5.74, 6) is -0.0306. The molecular formula is C18H19N3O. The molecule has 22 heavy (non-hydrogen) atoms. The van der Waals surface area contributed by atoms with Crippen LogP contribution in [-0.2, 0) is 4.79 Å². The van der Waals surface area contributed by atoms with E-state index in [1.54, 1.807) is 6.20 Å². The molecule has 3 rings (SSSR count). The van der Waals surface area contributed by atoms with Gasteiger partial charge in [-0.05, 0) is 42.9 Å². The fourth-order valence-corrected chi connectivity index (χ4v) is 2.74. The highest BCUT2D eigenvalue weighted by molar-refractivity contribution is 6.00. The third-order valence-electron chi connectivity index (χ3n) is 3.96. The van der Waals surface area contributed by atoms with Gasteiger partial charge in [0.15, 0.2) is 0 Å². The van der Waals surface area contributed by atoms with Crippen molar-refractivity contribution in [1.29, 1.82) is 0 Å². The summed E-state index contributed by atoms with van der Waals surface area (Å²) in [6.45, 7) is 0.547. The topological polar surface area (TPSA) is 45.2 Å². The molecule has 0 radical (unpaired) electrons. The molecule has 1 N–H and O–H groups in total. The molecule has 0 fully saturated rings. The number of pyridine rings is 1. The van der Waals surface area contributed by atoms with Gasteiger partial charge < -0.3 is 10.2 Å². The maximum Gasteiger partial charge on any atom is 0.251 e. The number of amides is 1. The Balaban J connectivity index is 1.70. The molecule has 1 amide bonds. The molecule has 1 unspecified atom stereocenters. The fraction of sp³-hybridized carbons (Fsp3) is 0.222. The predicted molar refractivity (Wildman–Crippen MR) is 87.1 cm³/mol. The van der Waals surface area contributed by atoms with Crippen LogP contribution in [0.3, 0.4) is 0 Å². The Kier molecular flexibility index (Phi) is 4.02. The van der Waals surface area contributed by atoms with Crippen molar-refractivity contribution < 1.29 is 4.79 Å². The molecule has 1 aromatic rings. The first-order valence-electron chi connectivity index (χ1n) is 7.32. The molecule has 0 saturated heterocycles. The van der Waals surface area contributed by atoms with Crippen molar-refractivity contribution in [2.24, 2.45) is 0 Å². The number of rotatable bonds is 5. The van der Waals surface area contributed by atoms with E-state index in [9.17, 15) is 4.79 Å². The average molecular weight is 293 g/mol. The lowest BCUT2D eigenvalue weighted by Crippen LogP contribution is -2.35. The second-order valence-corrected chi connectivity index (χ2v) is 5.62. The van der Waals surface area contributed by atoms with Crippen molar-refractivity contribution in [1.82, 2.24) is 15.2 Å². The lowest BCUT2D eigenvalue weighted by Gasteiger charge is -2.24. The molecule has 0 bridgehead atoms. The van der Waals surface area contributed by atoms with E-state index < -0.39 is 0 Å². The van der Waals surface area contributed by atoms with Crippen molar-refractivity contribution in [3.05, 3.63) is 77.2 Å². The molecule has 0 spiro atoms. The van der Waals surface area contributed by atoms with Crippen LogP contribution in [0.25, 0.3) is 0 Å². The van der Waals surface area contributed by atoms with E-state index in [1.165, 1.54) is 0 Å². The number of aromatic nitrogens is 1. The predicted octanol–water partition coefficient (Wildman–Crippen LogP) is 2.16. The molecule has 1 atom stereocenters. The number of nitrogens with zero attached hydrogens (tertiary/aromatic N) is 2. The first-order chi connectivity index (χ1) is 10.7. The Morgan fingerprint density at radius 2 is 2.18 bits per heavy atom. The van der Waals surface area contributed by atoms with Gasteiger partial charge in [0.25, 0.3) is 5.91 Å². The van der Waals surface area contributed by atoms with Crippen LogP contribution in [0.4, 0.5) is 0 Å². The highest BCUT2D eigenvalue weighted by Crippen LogP contribution is 2.29. The maximum absolute atomic E-state index is 12.4. The largest absolute Gasteiger partial charge is 0.350 e. The van der Waals surface area contributed by atoms with E-state index in [0.717, 1.165) is 22.3 Å². The van der Waals surface area contributed by atoms with Gasteiger partial charge in [-0.15, -0.1) is 0 Å². The lowest BCUT2D eigenvalue weighted by atomic mass is 10.1. The molecule has 0 aromatic carbocycles. The third kappa shape index (κ3) is 2.78. The molecule has 2 aliphatic rings. The van der Waals surface area contributed by atoms with E-state index in [1.807, 2.05) is 62.8 Å². The zero-order valence-electron chi connectivity index (χ0n) is 12.8. The number of hydrogen-bond acceptors (Lipinski definition) is 3. The number of carbonyl (C=O) groups excluding carboxylic acids is 1. The fourth-order valence-electron chi connectivity index (χ4n) is 2.74. The monoisotopic (exact) mass is 293 g/mol. The van der Waals surface area contributed by atoms with Crippen molar-refractivity contribution in [2.75, 3.05) is 20.6 Å². The van der Waals surface area contributed by atoms with Gasteiger partial charge >= 0.3 is 0 Å². The van der Waals surface area contributed by atoms with Crippen molar-refractivity contribution >= 4 is 5.91 Å². The van der Waals surface area contributed by atoms with Crippen molar-refractivity contribution in [3.8, 4) is 0 Å². The first kappa shape index (κ1) is 14.5. The van der Waals surface area contributed by atoms with Crippen LogP contribution in [0.2, 0.25) is 0 Å². The normalized spacial score (nSPS) is 17.0. The van der Waals surface area contributed by atoms with Gasteiger partial charge in [-0.25, -0.2) is 0 Å². The molecule has 0 aliphatic heterocycles. The number of allylic oxidation sites excluding steroid dienone is 6. The van der Waals surface area contributed by atoms with E-state index >= 15 is 0 Å². The van der Waals surface area contributed by atoms with E-state index in [2.05, 4.69) is 15.2 Å². The summed E-state index contributed by atoms with van der Waals surface area (Å²) in [6, 6.07) is 4.04. The van der Waals surface area contributed by atoms with Gasteiger partial charge in [0.05, 0.1) is 6.04 Å². The number of fused-ring (bicyclic) bond motifs is 1. The van der Waals surface area contributed by atoms with Gasteiger partial charge in [0.1, 0.15) is 0 Å². The van der Waals surface area contributed by atoms with Crippen LogP contribution in [-0.4, -0.2) is 36.4 Å². The molecule has 1 heterocycles. The van der Waals surface area contributed by atoms with Crippen molar-refractivity contribution in [3.63, 3.8) is 0 Å². The minimum atomic E-state index is -0.0306. The smallest absolute Gasteiger partial charge is 0.251 e. The standard InChI is InChI=1S/C18H19N3O/c1-21(2)17(14-6-4-10-19-11-14)12-20-18(22)16-9-8-13-5-3-7-15(13)16/h3-11,17H,12H2,1-2H3,(H,20,22). The summed E-state index contributed by atoms with van der Waals surface area (Å²) < 4.78 is 0. The van der Waals surface area contributed by atoms with Crippen LogP contribution in [0.5, 0.6) is 0 Å². The number of nitrogens with one attached hydrogen (secondary N) is 1. The van der Waals surface area contributed by atoms with Crippen LogP contribution in [0.15, 0.2) is 71.6 Å². The van der Waals surface area contributed by atoms with Crippen molar-refractivity contribution in [2.45, 2.75) is 6.04 Å². The van der Waals surface area contributed by atoms with Crippen LogP contribution >= 0.6 is 0 Å². The molecule has 0 saturated carbocycles. The number of hydrogen-bond donors (Lipinski definition) is 1. The van der Waals surface area contributed by atoms with Gasteiger partial charge in [0, 0.05) is 24.5 Å². The Hall–Kier alpha value is -2.46. The minimum Gasteiger partial charge on any atom is -0.350 e. The molecule has 2 aliphatic carbocycles. The molecule has 112 valence electrons. The van der Waals surface area contributed by atoms with E-state index in [-0.39, 0.29) is 11.9 Å². The molecule has 4 heteroatoms. The molecule has 4 nitrogen and oxygen atoms in total. The summed E-state index contributed by atoms with van der Waals surface area (Å²) in [5, 5.41) is 3.04. The zero-order valence-corrected chi connectivity index (χ0v) is 12.8. The number of carbonyl (C=O) groups is 1. The second-order valence-electron chi connectivity index (χ2n) is 5.62. The summed E-state index contributed by atoms with van der Waals surface area (Å²) in [6.07, 6.45) is 13.4. The summed E-state index contributed by atoms with van der Waals surface area (Å²) in [7, 11) is 4.00. The quantitative estimate of drug-likeness (QED) is 0.905. The maximum atomic E-state index is 12.4. The Morgan fingerprint density at radius 3 is 2.91 bits per heavy atom. The third-order valence-corrected chi connectivity index (χ3v) is 3.96. The SMILES string of the molecule is CN(C)C(CNC(=O)C1=C2C=CC=C2C=C1)c1cccnc1. The highest BCUT2D eigenvalue weighted by Gasteiger charge is 2.21. The minimum absolute atomic E-state index is 0.0306. The van der Waals surface area contributed by atoms with Gasteiger partial charge in [-0.3, -0.25) is 9.78 Å². The van der Waals surface area contributed by atoms with E-state index in [0.29, 0.717) is 6.54 Å². The Morgan fingerprint density at radius 1 is 1.32 bits per heavy atom. The van der Waals surface area contributed by atoms with Gasteiger partial charge in [0.2, 0.25) is 0 Å². The highest BCUT2D eigenvalue weighted by atomic mass is 16.1. The van der Waals surface area contributed by atoms with E-state index in [4.69, 9.17) is 0 Å². The lowest BCUT2D eigenvalue weighted by molar-refractivity contribution is -0.117. The molecule has 1 aromatic heterocycles. The van der Waals surface area contributed by atoms with Crippen LogP contribution in [0, 0.1) is 0 Å². The second kappa shape index (κ2) is 6.12. The first-order valence-corrected chi connectivity index (χ1v) is 7.32. The zero-order chi connectivity index (χ0) is 15.5. The Bertz CT molecular complexity index is 696. The summed E-state index contributed by atoms with van der Waals surface area (Å²) >= 11 is 0. The van der Waals surface area contributed by atoms with Crippen LogP contribution in [0.1, 0.15) is 11.6 Å². The van der Waals surface area contributed by atoms with Crippen LogP contribution < -0.4 is 5.32 Å². The molecular weight excluding hydrogens is 274 g/mol.